The molecule has 156 valence electrons. The highest BCUT2D eigenvalue weighted by molar-refractivity contribution is 6.11. The zero-order chi connectivity index (χ0) is 20.4. The number of hydrogen-bond acceptors (Lipinski definition) is 5. The van der Waals surface area contributed by atoms with Gasteiger partial charge in [-0.05, 0) is 43.4 Å². The Hall–Kier alpha value is -2.34. The van der Waals surface area contributed by atoms with E-state index >= 15 is 0 Å². The number of methoxy groups -OCH3 is 1. The average molecular weight is 399 g/mol. The Labute approximate surface area is 171 Å². The number of benzene rings is 1. The number of carbonyl (C=O) groups is 2. The van der Waals surface area contributed by atoms with Crippen LogP contribution in [0.5, 0.6) is 5.75 Å². The molecule has 0 radical (unpaired) electrons. The number of ketones is 1. The standard InChI is InChI=1S/C23H29NO5/c1-3-13-28-16-10-8-15(9-11-16)20-19-21(25)17-6-4-5-7-18(17)29-22(19)23(26)24(20)12-14-27-2/h8-11,17-18,20H,3-7,12-14H2,1-2H3. The first-order chi connectivity index (χ1) is 14.2. The first kappa shape index (κ1) is 20.0. The highest BCUT2D eigenvalue weighted by Gasteiger charge is 2.51. The van der Waals surface area contributed by atoms with Gasteiger partial charge in [0.25, 0.3) is 5.91 Å². The highest BCUT2D eigenvalue weighted by Crippen LogP contribution is 2.46. The molecule has 1 amide bonds. The third-order valence-electron chi connectivity index (χ3n) is 6.06. The predicted molar refractivity (Wildman–Crippen MR) is 107 cm³/mol. The van der Waals surface area contributed by atoms with E-state index in [2.05, 4.69) is 6.92 Å². The average Bonchev–Trinajstić information content (AvgIpc) is 3.03. The molecular weight excluding hydrogens is 370 g/mol. The fourth-order valence-electron chi connectivity index (χ4n) is 4.63. The third kappa shape index (κ3) is 3.66. The first-order valence-electron chi connectivity index (χ1n) is 10.6. The molecule has 6 heteroatoms. The van der Waals surface area contributed by atoms with E-state index in [1.54, 1.807) is 12.0 Å². The highest BCUT2D eigenvalue weighted by atomic mass is 16.5. The molecule has 1 saturated carbocycles. The van der Waals surface area contributed by atoms with Gasteiger partial charge in [-0.1, -0.05) is 25.5 Å². The molecule has 3 atom stereocenters. The van der Waals surface area contributed by atoms with Gasteiger partial charge in [0.05, 0.1) is 30.7 Å². The lowest BCUT2D eigenvalue weighted by molar-refractivity contribution is -0.135. The van der Waals surface area contributed by atoms with Gasteiger partial charge in [0.1, 0.15) is 11.9 Å². The largest absolute Gasteiger partial charge is 0.494 e. The number of fused-ring (bicyclic) bond motifs is 1. The summed E-state index contributed by atoms with van der Waals surface area (Å²) in [7, 11) is 1.61. The Balaban J connectivity index is 1.69. The van der Waals surface area contributed by atoms with Crippen molar-refractivity contribution >= 4 is 11.7 Å². The second-order valence-electron chi connectivity index (χ2n) is 7.97. The normalized spacial score (nSPS) is 26.3. The van der Waals surface area contributed by atoms with E-state index in [-0.39, 0.29) is 29.5 Å². The lowest BCUT2D eigenvalue weighted by atomic mass is 9.77. The van der Waals surface area contributed by atoms with Crippen molar-refractivity contribution in [3.05, 3.63) is 41.2 Å². The SMILES string of the molecule is CCCOc1ccc(C2C3=C(OC4CCCCC4C3=O)C(=O)N2CCOC)cc1. The smallest absolute Gasteiger partial charge is 0.290 e. The molecule has 0 saturated heterocycles. The molecule has 0 spiro atoms. The van der Waals surface area contributed by atoms with E-state index in [0.717, 1.165) is 43.4 Å². The van der Waals surface area contributed by atoms with Crippen molar-refractivity contribution in [2.45, 2.75) is 51.2 Å². The Morgan fingerprint density at radius 2 is 1.86 bits per heavy atom. The summed E-state index contributed by atoms with van der Waals surface area (Å²) in [6.07, 6.45) is 4.53. The van der Waals surface area contributed by atoms with Crippen molar-refractivity contribution in [3.63, 3.8) is 0 Å². The molecule has 4 rings (SSSR count). The monoisotopic (exact) mass is 399 g/mol. The second-order valence-corrected chi connectivity index (χ2v) is 7.97. The maximum Gasteiger partial charge on any atom is 0.290 e. The Bertz CT molecular complexity index is 800. The summed E-state index contributed by atoms with van der Waals surface area (Å²) in [6, 6.07) is 7.26. The minimum absolute atomic E-state index is 0.0838. The van der Waals surface area contributed by atoms with Gasteiger partial charge in [0.2, 0.25) is 0 Å². The van der Waals surface area contributed by atoms with Gasteiger partial charge in [0, 0.05) is 13.7 Å². The number of hydrogen-bond donors (Lipinski definition) is 0. The minimum atomic E-state index is -0.428. The van der Waals surface area contributed by atoms with Crippen molar-refractivity contribution in [3.8, 4) is 5.75 Å². The molecule has 0 N–H and O–H groups in total. The van der Waals surface area contributed by atoms with E-state index in [1.807, 2.05) is 24.3 Å². The summed E-state index contributed by atoms with van der Waals surface area (Å²) in [5.41, 5.74) is 1.42. The van der Waals surface area contributed by atoms with Crippen molar-refractivity contribution in [1.82, 2.24) is 4.90 Å². The van der Waals surface area contributed by atoms with Gasteiger partial charge in [0.15, 0.2) is 11.5 Å². The van der Waals surface area contributed by atoms with E-state index in [4.69, 9.17) is 14.2 Å². The van der Waals surface area contributed by atoms with Crippen LogP contribution in [0.2, 0.25) is 0 Å². The van der Waals surface area contributed by atoms with E-state index < -0.39 is 6.04 Å². The number of ether oxygens (including phenoxy) is 3. The van der Waals surface area contributed by atoms with Crippen LogP contribution in [-0.4, -0.2) is 49.6 Å². The van der Waals surface area contributed by atoms with Gasteiger partial charge < -0.3 is 19.1 Å². The number of amides is 1. The molecule has 3 unspecified atom stereocenters. The maximum atomic E-state index is 13.4. The zero-order valence-electron chi connectivity index (χ0n) is 17.2. The number of Topliss-reactive ketones (excluding diaryl/α,β-unsaturated/α-hetero) is 1. The molecule has 2 heterocycles. The van der Waals surface area contributed by atoms with Gasteiger partial charge in [-0.15, -0.1) is 0 Å². The summed E-state index contributed by atoms with van der Waals surface area (Å²) < 4.78 is 17.0. The molecular formula is C23H29NO5. The molecule has 3 aliphatic rings. The molecule has 2 aliphatic heterocycles. The Kier molecular flexibility index (Phi) is 5.90. The molecule has 0 aromatic heterocycles. The van der Waals surface area contributed by atoms with E-state index in [0.29, 0.717) is 25.3 Å². The molecule has 0 bridgehead atoms. The van der Waals surface area contributed by atoms with Crippen molar-refractivity contribution in [2.75, 3.05) is 26.9 Å². The van der Waals surface area contributed by atoms with Crippen molar-refractivity contribution in [2.24, 2.45) is 5.92 Å². The second kappa shape index (κ2) is 8.57. The van der Waals surface area contributed by atoms with Crippen molar-refractivity contribution < 1.29 is 23.8 Å². The fraction of sp³-hybridized carbons (Fsp3) is 0.565. The van der Waals surface area contributed by atoms with Crippen LogP contribution in [0.3, 0.4) is 0 Å². The topological polar surface area (TPSA) is 65.1 Å². The Morgan fingerprint density at radius 1 is 1.10 bits per heavy atom. The van der Waals surface area contributed by atoms with E-state index in [9.17, 15) is 9.59 Å². The molecule has 1 aromatic rings. The maximum absolute atomic E-state index is 13.4. The number of carbonyl (C=O) groups excluding carboxylic acids is 2. The predicted octanol–water partition coefficient (Wildman–Crippen LogP) is 3.42. The summed E-state index contributed by atoms with van der Waals surface area (Å²) in [5, 5.41) is 0. The molecule has 1 fully saturated rings. The van der Waals surface area contributed by atoms with Crippen LogP contribution in [0.25, 0.3) is 0 Å². The fourth-order valence-corrected chi connectivity index (χ4v) is 4.63. The van der Waals surface area contributed by atoms with Crippen LogP contribution in [0.15, 0.2) is 35.6 Å². The minimum Gasteiger partial charge on any atom is -0.494 e. The van der Waals surface area contributed by atoms with Gasteiger partial charge >= 0.3 is 0 Å². The van der Waals surface area contributed by atoms with Crippen LogP contribution >= 0.6 is 0 Å². The van der Waals surface area contributed by atoms with Crippen LogP contribution < -0.4 is 4.74 Å². The van der Waals surface area contributed by atoms with Crippen LogP contribution in [0, 0.1) is 5.92 Å². The first-order valence-corrected chi connectivity index (χ1v) is 10.6. The molecule has 1 aliphatic carbocycles. The van der Waals surface area contributed by atoms with Crippen molar-refractivity contribution in [1.29, 1.82) is 0 Å². The number of nitrogens with zero attached hydrogens (tertiary/aromatic N) is 1. The number of rotatable bonds is 7. The summed E-state index contributed by atoms with van der Waals surface area (Å²) in [4.78, 5) is 28.3. The van der Waals surface area contributed by atoms with Crippen LogP contribution in [0.4, 0.5) is 0 Å². The van der Waals surface area contributed by atoms with Gasteiger partial charge in [-0.3, -0.25) is 9.59 Å². The van der Waals surface area contributed by atoms with E-state index in [1.165, 1.54) is 0 Å². The molecule has 1 aromatic carbocycles. The quantitative estimate of drug-likeness (QED) is 0.703. The Morgan fingerprint density at radius 3 is 2.59 bits per heavy atom. The lowest BCUT2D eigenvalue weighted by Gasteiger charge is -2.35. The van der Waals surface area contributed by atoms with Crippen LogP contribution in [0.1, 0.15) is 50.6 Å². The van der Waals surface area contributed by atoms with Gasteiger partial charge in [-0.25, -0.2) is 0 Å². The summed E-state index contributed by atoms with van der Waals surface area (Å²) >= 11 is 0. The summed E-state index contributed by atoms with van der Waals surface area (Å²) in [5.74, 6) is 0.792. The van der Waals surface area contributed by atoms with Gasteiger partial charge in [-0.2, -0.15) is 0 Å². The zero-order valence-corrected chi connectivity index (χ0v) is 17.2. The third-order valence-corrected chi connectivity index (χ3v) is 6.06. The summed E-state index contributed by atoms with van der Waals surface area (Å²) in [6.45, 7) is 3.54. The molecule has 29 heavy (non-hydrogen) atoms. The van der Waals surface area contributed by atoms with Crippen LogP contribution in [-0.2, 0) is 19.1 Å². The molecule has 6 nitrogen and oxygen atoms in total. The lowest BCUT2D eigenvalue weighted by Crippen LogP contribution is -2.39.